The second-order valence-electron chi connectivity index (χ2n) is 5.45. The lowest BCUT2D eigenvalue weighted by Gasteiger charge is -2.30. The van der Waals surface area contributed by atoms with Crippen molar-refractivity contribution in [3.63, 3.8) is 0 Å². The molecule has 0 aromatic heterocycles. The van der Waals surface area contributed by atoms with Gasteiger partial charge in [-0.3, -0.25) is 0 Å². The fourth-order valence-corrected chi connectivity index (χ4v) is 4.04. The first-order valence-electron chi connectivity index (χ1n) is 7.52. The second kappa shape index (κ2) is 7.99. The lowest BCUT2D eigenvalue weighted by Crippen LogP contribution is -2.39. The number of rotatable bonds is 6. The summed E-state index contributed by atoms with van der Waals surface area (Å²) in [4.78, 5) is 0.546. The van der Waals surface area contributed by atoms with Gasteiger partial charge in [-0.2, -0.15) is 0 Å². The van der Waals surface area contributed by atoms with Gasteiger partial charge in [0.05, 0.1) is 0 Å². The maximum Gasteiger partial charge on any atom is 0.139 e. The molecule has 1 fully saturated rings. The quantitative estimate of drug-likeness (QED) is 0.770. The zero-order chi connectivity index (χ0) is 14.4. The molecule has 1 aromatic rings. The molecule has 0 spiro atoms. The summed E-state index contributed by atoms with van der Waals surface area (Å²) in [6.07, 6.45) is 6.49. The molecular formula is C16H23F2NS. The monoisotopic (exact) mass is 299 g/mol. The van der Waals surface area contributed by atoms with E-state index in [-0.39, 0.29) is 0 Å². The van der Waals surface area contributed by atoms with Crippen molar-refractivity contribution in [3.8, 4) is 0 Å². The summed E-state index contributed by atoms with van der Waals surface area (Å²) in [5.74, 6) is 0.581. The zero-order valence-corrected chi connectivity index (χ0v) is 12.8. The van der Waals surface area contributed by atoms with E-state index in [0.29, 0.717) is 16.9 Å². The van der Waals surface area contributed by atoms with Crippen molar-refractivity contribution in [3.05, 3.63) is 29.8 Å². The lowest BCUT2D eigenvalue weighted by molar-refractivity contribution is 0.288. The van der Waals surface area contributed by atoms with Crippen molar-refractivity contribution in [1.29, 1.82) is 0 Å². The van der Waals surface area contributed by atoms with Crippen LogP contribution < -0.4 is 5.32 Å². The molecule has 0 aliphatic heterocycles. The van der Waals surface area contributed by atoms with Crippen LogP contribution in [-0.2, 0) is 0 Å². The fraction of sp³-hybridized carbons (Fsp3) is 0.625. The minimum absolute atomic E-state index is 0.426. The van der Waals surface area contributed by atoms with Crippen LogP contribution in [0, 0.1) is 17.6 Å². The highest BCUT2D eigenvalue weighted by Gasteiger charge is 2.23. The standard InChI is InChI=1S/C16H23F2NS/c1-2-19-15(12-6-4-3-5-7-12)11-20-16-9-8-13(17)10-14(16)18/h8-10,12,15,19H,2-7,11H2,1H3. The van der Waals surface area contributed by atoms with Gasteiger partial charge in [0.15, 0.2) is 0 Å². The molecule has 20 heavy (non-hydrogen) atoms. The Morgan fingerprint density at radius 3 is 2.65 bits per heavy atom. The molecule has 1 unspecified atom stereocenters. The van der Waals surface area contributed by atoms with Crippen LogP contribution in [0.15, 0.2) is 23.1 Å². The number of benzene rings is 1. The SMILES string of the molecule is CCNC(CSc1ccc(F)cc1F)C1CCCCC1. The summed E-state index contributed by atoms with van der Waals surface area (Å²) in [6.45, 7) is 3.05. The van der Waals surface area contributed by atoms with Crippen LogP contribution in [0.2, 0.25) is 0 Å². The van der Waals surface area contributed by atoms with Gasteiger partial charge in [0.2, 0.25) is 0 Å². The van der Waals surface area contributed by atoms with Gasteiger partial charge >= 0.3 is 0 Å². The van der Waals surface area contributed by atoms with Crippen molar-refractivity contribution < 1.29 is 8.78 Å². The van der Waals surface area contributed by atoms with E-state index >= 15 is 0 Å². The molecule has 1 aliphatic rings. The minimum atomic E-state index is -0.512. The minimum Gasteiger partial charge on any atom is -0.313 e. The first-order valence-corrected chi connectivity index (χ1v) is 8.50. The van der Waals surface area contributed by atoms with Crippen LogP contribution in [0.4, 0.5) is 8.78 Å². The Kier molecular flexibility index (Phi) is 6.30. The molecule has 1 atom stereocenters. The highest BCUT2D eigenvalue weighted by molar-refractivity contribution is 7.99. The van der Waals surface area contributed by atoms with E-state index in [1.807, 2.05) is 0 Å². The Morgan fingerprint density at radius 1 is 1.25 bits per heavy atom. The first-order chi connectivity index (χ1) is 9.70. The Bertz CT molecular complexity index is 419. The summed E-state index contributed by atoms with van der Waals surface area (Å²) in [5, 5.41) is 3.54. The Morgan fingerprint density at radius 2 is 2.00 bits per heavy atom. The zero-order valence-electron chi connectivity index (χ0n) is 12.0. The third kappa shape index (κ3) is 4.45. The molecule has 4 heteroatoms. The maximum atomic E-state index is 13.6. The van der Waals surface area contributed by atoms with Crippen LogP contribution in [0.5, 0.6) is 0 Å². The maximum absolute atomic E-state index is 13.6. The number of hydrogen-bond donors (Lipinski definition) is 1. The van der Waals surface area contributed by atoms with Crippen LogP contribution >= 0.6 is 11.8 Å². The number of hydrogen-bond acceptors (Lipinski definition) is 2. The largest absolute Gasteiger partial charge is 0.313 e. The second-order valence-corrected chi connectivity index (χ2v) is 6.51. The highest BCUT2D eigenvalue weighted by Crippen LogP contribution is 2.30. The molecule has 1 saturated carbocycles. The fourth-order valence-electron chi connectivity index (χ4n) is 2.93. The number of nitrogens with one attached hydrogen (secondary N) is 1. The van der Waals surface area contributed by atoms with E-state index in [4.69, 9.17) is 0 Å². The van der Waals surface area contributed by atoms with E-state index in [1.165, 1.54) is 49.9 Å². The summed E-state index contributed by atoms with van der Waals surface area (Å²) >= 11 is 1.49. The molecular weight excluding hydrogens is 276 g/mol. The van der Waals surface area contributed by atoms with Crippen molar-refractivity contribution in [2.24, 2.45) is 5.92 Å². The smallest absolute Gasteiger partial charge is 0.139 e. The van der Waals surface area contributed by atoms with Gasteiger partial charge in [-0.05, 0) is 37.4 Å². The van der Waals surface area contributed by atoms with Gasteiger partial charge in [0.1, 0.15) is 11.6 Å². The van der Waals surface area contributed by atoms with E-state index in [1.54, 1.807) is 6.07 Å². The van der Waals surface area contributed by atoms with Crippen molar-refractivity contribution in [2.45, 2.75) is 50.0 Å². The molecule has 1 aliphatic carbocycles. The molecule has 112 valence electrons. The van der Waals surface area contributed by atoms with Gasteiger partial charge in [0, 0.05) is 22.8 Å². The van der Waals surface area contributed by atoms with E-state index in [2.05, 4.69) is 12.2 Å². The Balaban J connectivity index is 1.93. The lowest BCUT2D eigenvalue weighted by atomic mass is 9.84. The van der Waals surface area contributed by atoms with E-state index in [9.17, 15) is 8.78 Å². The van der Waals surface area contributed by atoms with Gasteiger partial charge in [-0.1, -0.05) is 26.2 Å². The molecule has 0 radical (unpaired) electrons. The molecule has 1 N–H and O–H groups in total. The molecule has 1 aromatic carbocycles. The van der Waals surface area contributed by atoms with Gasteiger partial charge in [0.25, 0.3) is 0 Å². The molecule has 0 bridgehead atoms. The molecule has 0 amide bonds. The first kappa shape index (κ1) is 15.8. The average Bonchev–Trinajstić information content (AvgIpc) is 2.46. The third-order valence-electron chi connectivity index (χ3n) is 4.00. The Hall–Kier alpha value is -0.610. The van der Waals surface area contributed by atoms with Crippen molar-refractivity contribution in [1.82, 2.24) is 5.32 Å². The average molecular weight is 299 g/mol. The van der Waals surface area contributed by atoms with Crippen LogP contribution in [-0.4, -0.2) is 18.3 Å². The molecule has 1 nitrogen and oxygen atoms in total. The van der Waals surface area contributed by atoms with Crippen molar-refractivity contribution in [2.75, 3.05) is 12.3 Å². The topological polar surface area (TPSA) is 12.0 Å². The summed E-state index contributed by atoms with van der Waals surface area (Å²) < 4.78 is 26.5. The predicted octanol–water partition coefficient (Wildman–Crippen LogP) is 4.62. The third-order valence-corrected chi connectivity index (χ3v) is 5.17. The highest BCUT2D eigenvalue weighted by atomic mass is 32.2. The van der Waals surface area contributed by atoms with Crippen LogP contribution in [0.25, 0.3) is 0 Å². The van der Waals surface area contributed by atoms with Gasteiger partial charge in [-0.15, -0.1) is 11.8 Å². The number of halogens is 2. The van der Waals surface area contributed by atoms with Gasteiger partial charge < -0.3 is 5.32 Å². The van der Waals surface area contributed by atoms with Crippen molar-refractivity contribution >= 4 is 11.8 Å². The summed E-state index contributed by atoms with van der Waals surface area (Å²) in [5.41, 5.74) is 0. The summed E-state index contributed by atoms with van der Waals surface area (Å²) in [6, 6.07) is 4.26. The van der Waals surface area contributed by atoms with E-state index in [0.717, 1.165) is 18.4 Å². The van der Waals surface area contributed by atoms with Crippen LogP contribution in [0.3, 0.4) is 0 Å². The summed E-state index contributed by atoms with van der Waals surface area (Å²) in [7, 11) is 0. The normalized spacial score (nSPS) is 18.1. The Labute approximate surface area is 124 Å². The number of thioether (sulfide) groups is 1. The van der Waals surface area contributed by atoms with Crippen LogP contribution in [0.1, 0.15) is 39.0 Å². The van der Waals surface area contributed by atoms with Gasteiger partial charge in [-0.25, -0.2) is 8.78 Å². The molecule has 0 saturated heterocycles. The van der Waals surface area contributed by atoms with E-state index < -0.39 is 11.6 Å². The molecule has 0 heterocycles. The molecule has 2 rings (SSSR count). The predicted molar refractivity (Wildman–Crippen MR) is 81.1 cm³/mol.